The molecule has 0 bridgehead atoms. The molecule has 26 heavy (non-hydrogen) atoms. The molecule has 0 heterocycles. The molecule has 1 aliphatic carbocycles. The lowest BCUT2D eigenvalue weighted by Gasteiger charge is -2.24. The Bertz CT molecular complexity index is 617. The Kier molecular flexibility index (Phi) is 9.32. The van der Waals surface area contributed by atoms with Gasteiger partial charge in [-0.15, -0.1) is 24.0 Å². The number of carbonyl (C=O) groups excluding carboxylic acids is 1. The number of hydrogen-bond acceptors (Lipinski definition) is 2. The highest BCUT2D eigenvalue weighted by molar-refractivity contribution is 14.0. The second-order valence-electron chi connectivity index (χ2n) is 7.05. The van der Waals surface area contributed by atoms with Gasteiger partial charge in [0.25, 0.3) is 0 Å². The number of nitrogens with one attached hydrogen (secondary N) is 3. The van der Waals surface area contributed by atoms with Crippen LogP contribution in [0.2, 0.25) is 0 Å². The maximum atomic E-state index is 14.0. The van der Waals surface area contributed by atoms with Crippen molar-refractivity contribution in [1.82, 2.24) is 16.0 Å². The summed E-state index contributed by atoms with van der Waals surface area (Å²) in [5.74, 6) is 0.837. The Balaban J connectivity index is 0.00000338. The van der Waals surface area contributed by atoms with Gasteiger partial charge in [-0.05, 0) is 31.4 Å². The quantitative estimate of drug-likeness (QED) is 0.234. The lowest BCUT2D eigenvalue weighted by molar-refractivity contribution is -0.122. The Morgan fingerprint density at radius 3 is 2.46 bits per heavy atom. The van der Waals surface area contributed by atoms with Gasteiger partial charge in [0.2, 0.25) is 5.91 Å². The lowest BCUT2D eigenvalue weighted by Crippen LogP contribution is -2.42. The summed E-state index contributed by atoms with van der Waals surface area (Å²) in [4.78, 5) is 16.2. The molecule has 0 aliphatic heterocycles. The molecule has 7 heteroatoms. The van der Waals surface area contributed by atoms with Crippen LogP contribution in [0.3, 0.4) is 0 Å². The summed E-state index contributed by atoms with van der Waals surface area (Å²) in [7, 11) is 0. The Morgan fingerprint density at radius 2 is 1.85 bits per heavy atom. The van der Waals surface area contributed by atoms with E-state index in [0.29, 0.717) is 31.2 Å². The number of carbonyl (C=O) groups is 1. The third-order valence-corrected chi connectivity index (χ3v) is 4.24. The fraction of sp³-hybridized carbons (Fsp3) is 0.579. The first kappa shape index (κ1) is 22.7. The fourth-order valence-electron chi connectivity index (χ4n) is 2.57. The highest BCUT2D eigenvalue weighted by Crippen LogP contribution is 2.28. The molecule has 3 N–H and O–H groups in total. The van der Waals surface area contributed by atoms with E-state index in [9.17, 15) is 9.18 Å². The van der Waals surface area contributed by atoms with Crippen molar-refractivity contribution in [3.8, 4) is 0 Å². The van der Waals surface area contributed by atoms with Gasteiger partial charge in [0.05, 0.1) is 6.54 Å². The topological polar surface area (TPSA) is 65.5 Å². The van der Waals surface area contributed by atoms with Gasteiger partial charge in [0.1, 0.15) is 5.82 Å². The summed E-state index contributed by atoms with van der Waals surface area (Å²) in [6.45, 7) is 8.32. The van der Waals surface area contributed by atoms with Crippen LogP contribution < -0.4 is 16.0 Å². The summed E-state index contributed by atoms with van der Waals surface area (Å²) in [6.07, 6.45) is 2.02. The number of halogens is 2. The molecule has 1 aliphatic rings. The van der Waals surface area contributed by atoms with E-state index in [1.165, 1.54) is 6.07 Å². The summed E-state index contributed by atoms with van der Waals surface area (Å²) < 4.78 is 14.0. The smallest absolute Gasteiger partial charge is 0.223 e. The second kappa shape index (κ2) is 10.7. The maximum Gasteiger partial charge on any atom is 0.223 e. The molecule has 1 aromatic carbocycles. The number of nitrogens with zero attached hydrogens (tertiary/aromatic N) is 1. The molecule has 1 aromatic rings. The summed E-state index contributed by atoms with van der Waals surface area (Å²) in [6, 6.07) is 6.82. The molecule has 0 saturated heterocycles. The van der Waals surface area contributed by atoms with Crippen molar-refractivity contribution in [2.24, 2.45) is 10.9 Å². The average Bonchev–Trinajstić information content (AvgIpc) is 3.41. The van der Waals surface area contributed by atoms with Gasteiger partial charge in [-0.1, -0.05) is 32.0 Å². The predicted molar refractivity (Wildman–Crippen MR) is 115 cm³/mol. The Labute approximate surface area is 172 Å². The standard InChI is InChI=1S/C19H29FN4O.HI/c1-4-21-18(23-12-11-22-17(25)14-9-10-14)24-13-19(2,3)15-7-5-6-8-16(15)20;/h5-8,14H,4,9-13H2,1-3H3,(H,22,25)(H2,21,23,24);1H. The maximum absolute atomic E-state index is 14.0. The predicted octanol–water partition coefficient (Wildman–Crippen LogP) is 2.80. The number of guanidine groups is 1. The Hall–Kier alpha value is -1.38. The van der Waals surface area contributed by atoms with Crippen molar-refractivity contribution in [3.05, 3.63) is 35.6 Å². The number of benzene rings is 1. The minimum atomic E-state index is -0.409. The molecular weight excluding hydrogens is 446 g/mol. The van der Waals surface area contributed by atoms with Crippen LogP contribution in [0.25, 0.3) is 0 Å². The van der Waals surface area contributed by atoms with Crippen molar-refractivity contribution in [1.29, 1.82) is 0 Å². The third-order valence-electron chi connectivity index (χ3n) is 4.24. The molecule has 0 atom stereocenters. The van der Waals surface area contributed by atoms with Crippen LogP contribution in [-0.4, -0.2) is 38.0 Å². The van der Waals surface area contributed by atoms with E-state index in [0.717, 1.165) is 19.4 Å². The van der Waals surface area contributed by atoms with Gasteiger partial charge < -0.3 is 16.0 Å². The minimum absolute atomic E-state index is 0. The molecule has 146 valence electrons. The lowest BCUT2D eigenvalue weighted by atomic mass is 9.84. The second-order valence-corrected chi connectivity index (χ2v) is 7.05. The zero-order chi connectivity index (χ0) is 18.3. The Morgan fingerprint density at radius 1 is 1.19 bits per heavy atom. The van der Waals surface area contributed by atoms with Gasteiger partial charge in [0, 0.05) is 31.0 Å². The van der Waals surface area contributed by atoms with Crippen LogP contribution in [0.15, 0.2) is 29.3 Å². The van der Waals surface area contributed by atoms with E-state index in [1.807, 2.05) is 26.8 Å². The van der Waals surface area contributed by atoms with Gasteiger partial charge in [0.15, 0.2) is 5.96 Å². The molecule has 1 saturated carbocycles. The number of amides is 1. The van der Waals surface area contributed by atoms with E-state index < -0.39 is 5.41 Å². The van der Waals surface area contributed by atoms with Gasteiger partial charge in [-0.2, -0.15) is 0 Å². The van der Waals surface area contributed by atoms with Crippen molar-refractivity contribution in [2.45, 2.75) is 39.0 Å². The zero-order valence-electron chi connectivity index (χ0n) is 15.8. The van der Waals surface area contributed by atoms with Crippen molar-refractivity contribution < 1.29 is 9.18 Å². The van der Waals surface area contributed by atoms with Crippen LogP contribution in [0.4, 0.5) is 4.39 Å². The third kappa shape index (κ3) is 7.09. The summed E-state index contributed by atoms with van der Waals surface area (Å²) in [5.41, 5.74) is 0.250. The van der Waals surface area contributed by atoms with Crippen molar-refractivity contribution in [2.75, 3.05) is 26.2 Å². The van der Waals surface area contributed by atoms with Gasteiger partial charge in [-0.3, -0.25) is 9.79 Å². The highest BCUT2D eigenvalue weighted by atomic mass is 127. The highest BCUT2D eigenvalue weighted by Gasteiger charge is 2.29. The van der Waals surface area contributed by atoms with Crippen LogP contribution >= 0.6 is 24.0 Å². The molecular formula is C19H30FIN4O. The molecule has 0 spiro atoms. The number of aliphatic imine (C=N–C) groups is 1. The van der Waals surface area contributed by atoms with Crippen LogP contribution in [0.5, 0.6) is 0 Å². The van der Waals surface area contributed by atoms with E-state index in [1.54, 1.807) is 12.1 Å². The number of rotatable bonds is 8. The minimum Gasteiger partial charge on any atom is -0.357 e. The van der Waals surface area contributed by atoms with Crippen LogP contribution in [0, 0.1) is 11.7 Å². The first-order chi connectivity index (χ1) is 11.9. The van der Waals surface area contributed by atoms with Crippen LogP contribution in [0.1, 0.15) is 39.2 Å². The van der Waals surface area contributed by atoms with E-state index >= 15 is 0 Å². The zero-order valence-corrected chi connectivity index (χ0v) is 18.1. The largest absolute Gasteiger partial charge is 0.357 e. The van der Waals surface area contributed by atoms with Gasteiger partial charge >= 0.3 is 0 Å². The molecule has 0 unspecified atom stereocenters. The van der Waals surface area contributed by atoms with E-state index in [2.05, 4.69) is 20.9 Å². The van der Waals surface area contributed by atoms with Crippen molar-refractivity contribution in [3.63, 3.8) is 0 Å². The first-order valence-corrected chi connectivity index (χ1v) is 8.99. The normalized spacial score (nSPS) is 14.4. The number of hydrogen-bond donors (Lipinski definition) is 3. The SMILES string of the molecule is CCNC(=NCC(C)(C)c1ccccc1F)NCCNC(=O)C1CC1.I. The summed E-state index contributed by atoms with van der Waals surface area (Å²) in [5, 5.41) is 9.30. The molecule has 1 amide bonds. The van der Waals surface area contributed by atoms with Gasteiger partial charge in [-0.25, -0.2) is 4.39 Å². The molecule has 5 nitrogen and oxygen atoms in total. The summed E-state index contributed by atoms with van der Waals surface area (Å²) >= 11 is 0. The van der Waals surface area contributed by atoms with Crippen LogP contribution in [-0.2, 0) is 10.2 Å². The molecule has 2 rings (SSSR count). The molecule has 0 aromatic heterocycles. The van der Waals surface area contributed by atoms with E-state index in [-0.39, 0.29) is 41.6 Å². The monoisotopic (exact) mass is 476 g/mol. The fourth-order valence-corrected chi connectivity index (χ4v) is 2.57. The average molecular weight is 476 g/mol. The molecule has 1 fully saturated rings. The van der Waals surface area contributed by atoms with Crippen molar-refractivity contribution >= 4 is 35.8 Å². The first-order valence-electron chi connectivity index (χ1n) is 8.99. The molecule has 0 radical (unpaired) electrons. The van der Waals surface area contributed by atoms with E-state index in [4.69, 9.17) is 0 Å².